The minimum atomic E-state index is 0.493. The van der Waals surface area contributed by atoms with Crippen molar-refractivity contribution in [3.63, 3.8) is 0 Å². The fourth-order valence-corrected chi connectivity index (χ4v) is 1.70. The Balaban J connectivity index is 1.79. The van der Waals surface area contributed by atoms with Gasteiger partial charge in [-0.25, -0.2) is 0 Å². The molecule has 0 amide bonds. The molecule has 0 aliphatic heterocycles. The summed E-state index contributed by atoms with van der Waals surface area (Å²) in [5.74, 6) is 0. The lowest BCUT2D eigenvalue weighted by atomic mass is 10.3. The Morgan fingerprint density at radius 1 is 1.17 bits per heavy atom. The van der Waals surface area contributed by atoms with E-state index in [2.05, 4.69) is 15.3 Å². The molecule has 2 aromatic heterocycles. The van der Waals surface area contributed by atoms with Gasteiger partial charge in [-0.15, -0.1) is 0 Å². The first-order valence-corrected chi connectivity index (χ1v) is 5.60. The van der Waals surface area contributed by atoms with Gasteiger partial charge in [-0.1, -0.05) is 0 Å². The second-order valence-electron chi connectivity index (χ2n) is 3.96. The first kappa shape index (κ1) is 10.6. The molecule has 0 aliphatic rings. The van der Waals surface area contributed by atoms with Crippen LogP contribution in [0.2, 0.25) is 0 Å². The molecule has 3 rings (SSSR count). The topological polar surface area (TPSA) is 77.0 Å². The highest BCUT2D eigenvalue weighted by Crippen LogP contribution is 2.21. The maximum Gasteiger partial charge on any atom is 0.295 e. The number of hydrogen-bond acceptors (Lipinski definition) is 5. The van der Waals surface area contributed by atoms with E-state index in [-0.39, 0.29) is 0 Å². The molecule has 0 saturated carbocycles. The third-order valence-corrected chi connectivity index (χ3v) is 2.60. The van der Waals surface area contributed by atoms with Crippen LogP contribution in [-0.4, -0.2) is 9.97 Å². The lowest BCUT2D eigenvalue weighted by molar-refractivity contribution is 0.614. The average molecular weight is 240 g/mol. The Morgan fingerprint density at radius 3 is 2.83 bits per heavy atom. The van der Waals surface area contributed by atoms with Gasteiger partial charge in [0.25, 0.3) is 6.01 Å². The number of fused-ring (bicyclic) bond motifs is 1. The van der Waals surface area contributed by atoms with Crippen LogP contribution < -0.4 is 11.1 Å². The lowest BCUT2D eigenvalue weighted by Gasteiger charge is -2.00. The molecule has 5 nitrogen and oxygen atoms in total. The Hall–Kier alpha value is -2.56. The van der Waals surface area contributed by atoms with E-state index in [1.807, 2.05) is 18.2 Å². The predicted octanol–water partition coefficient (Wildman–Crippen LogP) is 2.42. The fourth-order valence-electron chi connectivity index (χ4n) is 1.70. The summed E-state index contributed by atoms with van der Waals surface area (Å²) in [6.07, 6.45) is 3.51. The largest absolute Gasteiger partial charge is 0.424 e. The van der Waals surface area contributed by atoms with E-state index >= 15 is 0 Å². The first-order chi connectivity index (χ1) is 8.81. The van der Waals surface area contributed by atoms with Crippen molar-refractivity contribution in [2.45, 2.75) is 6.54 Å². The number of aromatic nitrogens is 2. The van der Waals surface area contributed by atoms with Crippen molar-refractivity contribution in [1.82, 2.24) is 9.97 Å². The molecular formula is C13H12N4O. The number of benzene rings is 1. The van der Waals surface area contributed by atoms with E-state index in [4.69, 9.17) is 10.2 Å². The molecule has 5 heteroatoms. The SMILES string of the molecule is Nc1ccc2oc(NCc3ccncc3)nc2c1. The first-order valence-electron chi connectivity index (χ1n) is 5.60. The van der Waals surface area contributed by atoms with E-state index in [1.165, 1.54) is 0 Å². The Kier molecular flexibility index (Phi) is 2.57. The quantitative estimate of drug-likeness (QED) is 0.687. The predicted molar refractivity (Wildman–Crippen MR) is 70.0 cm³/mol. The molecule has 3 aromatic rings. The zero-order valence-electron chi connectivity index (χ0n) is 9.63. The molecule has 0 saturated heterocycles. The zero-order chi connectivity index (χ0) is 12.4. The molecule has 0 radical (unpaired) electrons. The van der Waals surface area contributed by atoms with Crippen molar-refractivity contribution < 1.29 is 4.42 Å². The molecule has 0 atom stereocenters. The van der Waals surface area contributed by atoms with Gasteiger partial charge in [0, 0.05) is 24.6 Å². The van der Waals surface area contributed by atoms with Crippen LogP contribution in [0.4, 0.5) is 11.7 Å². The molecular weight excluding hydrogens is 228 g/mol. The maximum absolute atomic E-state index is 5.69. The van der Waals surface area contributed by atoms with Crippen molar-refractivity contribution >= 4 is 22.8 Å². The lowest BCUT2D eigenvalue weighted by Crippen LogP contribution is -1.99. The minimum absolute atomic E-state index is 0.493. The molecule has 0 aliphatic carbocycles. The third-order valence-electron chi connectivity index (χ3n) is 2.60. The van der Waals surface area contributed by atoms with Gasteiger partial charge in [0.05, 0.1) is 0 Å². The number of anilines is 2. The number of rotatable bonds is 3. The molecule has 2 heterocycles. The van der Waals surface area contributed by atoms with Crippen LogP contribution in [0.15, 0.2) is 47.1 Å². The smallest absolute Gasteiger partial charge is 0.295 e. The van der Waals surface area contributed by atoms with Gasteiger partial charge in [-0.2, -0.15) is 4.98 Å². The summed E-state index contributed by atoms with van der Waals surface area (Å²) in [5.41, 5.74) is 8.96. The summed E-state index contributed by atoms with van der Waals surface area (Å²) < 4.78 is 5.55. The minimum Gasteiger partial charge on any atom is -0.424 e. The number of hydrogen-bond donors (Lipinski definition) is 2. The molecule has 3 N–H and O–H groups in total. The number of nitrogens with one attached hydrogen (secondary N) is 1. The standard InChI is InChI=1S/C13H12N4O/c14-10-1-2-12-11(7-10)17-13(18-12)16-8-9-3-5-15-6-4-9/h1-7H,8,14H2,(H,16,17). The number of nitrogens with two attached hydrogens (primary N) is 1. The Morgan fingerprint density at radius 2 is 2.00 bits per heavy atom. The molecule has 0 spiro atoms. The Bertz CT molecular complexity index is 663. The molecule has 0 unspecified atom stereocenters. The van der Waals surface area contributed by atoms with E-state index in [1.54, 1.807) is 24.5 Å². The number of oxazole rings is 1. The third kappa shape index (κ3) is 2.10. The van der Waals surface area contributed by atoms with Gasteiger partial charge >= 0.3 is 0 Å². The van der Waals surface area contributed by atoms with Gasteiger partial charge in [0.2, 0.25) is 0 Å². The summed E-state index contributed by atoms with van der Waals surface area (Å²) in [4.78, 5) is 8.28. The number of nitrogen functional groups attached to an aromatic ring is 1. The van der Waals surface area contributed by atoms with Crippen LogP contribution in [-0.2, 0) is 6.54 Å². The zero-order valence-corrected chi connectivity index (χ0v) is 9.63. The highest BCUT2D eigenvalue weighted by molar-refractivity contribution is 5.78. The van der Waals surface area contributed by atoms with Gasteiger partial charge in [-0.3, -0.25) is 4.98 Å². The van der Waals surface area contributed by atoms with E-state index in [0.29, 0.717) is 18.2 Å². The maximum atomic E-state index is 5.69. The van der Waals surface area contributed by atoms with Crippen LogP contribution in [0.1, 0.15) is 5.56 Å². The molecule has 90 valence electrons. The summed E-state index contributed by atoms with van der Waals surface area (Å²) in [7, 11) is 0. The van der Waals surface area contributed by atoms with E-state index < -0.39 is 0 Å². The van der Waals surface area contributed by atoms with Crippen molar-refractivity contribution in [1.29, 1.82) is 0 Å². The van der Waals surface area contributed by atoms with E-state index in [0.717, 1.165) is 16.7 Å². The van der Waals surface area contributed by atoms with Crippen molar-refractivity contribution in [2.75, 3.05) is 11.1 Å². The van der Waals surface area contributed by atoms with Crippen LogP contribution in [0.25, 0.3) is 11.1 Å². The summed E-state index contributed by atoms with van der Waals surface area (Å²) in [5, 5.41) is 3.12. The van der Waals surface area contributed by atoms with Gasteiger partial charge < -0.3 is 15.5 Å². The molecule has 0 fully saturated rings. The fraction of sp³-hybridized carbons (Fsp3) is 0.0769. The van der Waals surface area contributed by atoms with Crippen LogP contribution in [0, 0.1) is 0 Å². The molecule has 1 aromatic carbocycles. The average Bonchev–Trinajstić information content (AvgIpc) is 2.79. The number of nitrogens with zero attached hydrogens (tertiary/aromatic N) is 2. The van der Waals surface area contributed by atoms with Crippen LogP contribution in [0.5, 0.6) is 0 Å². The van der Waals surface area contributed by atoms with Crippen molar-refractivity contribution in [3.05, 3.63) is 48.3 Å². The summed E-state index contributed by atoms with van der Waals surface area (Å²) in [6, 6.07) is 9.76. The highest BCUT2D eigenvalue weighted by atomic mass is 16.4. The van der Waals surface area contributed by atoms with Gasteiger partial charge in [0.1, 0.15) is 5.52 Å². The summed E-state index contributed by atoms with van der Waals surface area (Å²) in [6.45, 7) is 0.644. The van der Waals surface area contributed by atoms with Crippen molar-refractivity contribution in [3.8, 4) is 0 Å². The second-order valence-corrected chi connectivity index (χ2v) is 3.96. The van der Waals surface area contributed by atoms with Gasteiger partial charge in [-0.05, 0) is 35.9 Å². The molecule has 18 heavy (non-hydrogen) atoms. The van der Waals surface area contributed by atoms with Crippen LogP contribution >= 0.6 is 0 Å². The second kappa shape index (κ2) is 4.37. The van der Waals surface area contributed by atoms with Gasteiger partial charge in [0.15, 0.2) is 5.58 Å². The monoisotopic (exact) mass is 240 g/mol. The van der Waals surface area contributed by atoms with Crippen LogP contribution in [0.3, 0.4) is 0 Å². The normalized spacial score (nSPS) is 10.7. The highest BCUT2D eigenvalue weighted by Gasteiger charge is 2.05. The number of pyridine rings is 1. The molecule has 0 bridgehead atoms. The Labute approximate surface area is 104 Å². The summed E-state index contributed by atoms with van der Waals surface area (Å²) >= 11 is 0. The van der Waals surface area contributed by atoms with E-state index in [9.17, 15) is 0 Å². The van der Waals surface area contributed by atoms with Crippen molar-refractivity contribution in [2.24, 2.45) is 0 Å².